The van der Waals surface area contributed by atoms with E-state index in [4.69, 9.17) is 4.74 Å². The lowest BCUT2D eigenvalue weighted by Gasteiger charge is -2.14. The van der Waals surface area contributed by atoms with Crippen molar-refractivity contribution in [1.29, 1.82) is 0 Å². The first-order valence-electron chi connectivity index (χ1n) is 6.70. The Hall–Kier alpha value is -1.87. The van der Waals surface area contributed by atoms with Crippen LogP contribution in [0.4, 0.5) is 4.39 Å². The predicted molar refractivity (Wildman–Crippen MR) is 79.9 cm³/mol. The summed E-state index contributed by atoms with van der Waals surface area (Å²) in [6.07, 6.45) is 0. The first-order chi connectivity index (χ1) is 9.52. The molecular weight excluding hydrogens is 253 g/mol. The maximum absolute atomic E-state index is 14.1. The highest BCUT2D eigenvalue weighted by Crippen LogP contribution is 2.32. The topological polar surface area (TPSA) is 21.3 Å². The molecule has 0 heterocycles. The summed E-state index contributed by atoms with van der Waals surface area (Å²) in [6.45, 7) is 6.62. The molecule has 0 amide bonds. The summed E-state index contributed by atoms with van der Waals surface area (Å²) in [6, 6.07) is 9.10. The van der Waals surface area contributed by atoms with Crippen LogP contribution in [0.3, 0.4) is 0 Å². The molecule has 106 valence electrons. The van der Waals surface area contributed by atoms with Gasteiger partial charge in [0, 0.05) is 6.54 Å². The maximum atomic E-state index is 14.1. The van der Waals surface area contributed by atoms with Crippen molar-refractivity contribution in [2.75, 3.05) is 7.05 Å². The molecular formula is C17H20FNO. The largest absolute Gasteiger partial charge is 0.454 e. The second kappa shape index (κ2) is 6.06. The first kappa shape index (κ1) is 14.5. The van der Waals surface area contributed by atoms with Crippen LogP contribution < -0.4 is 10.1 Å². The molecule has 0 aliphatic carbocycles. The van der Waals surface area contributed by atoms with Crippen molar-refractivity contribution in [1.82, 2.24) is 5.32 Å². The lowest BCUT2D eigenvalue weighted by atomic mass is 10.1. The molecule has 3 heteroatoms. The summed E-state index contributed by atoms with van der Waals surface area (Å²) in [5, 5.41) is 3.00. The number of benzene rings is 2. The van der Waals surface area contributed by atoms with Crippen molar-refractivity contribution in [3.63, 3.8) is 0 Å². The minimum absolute atomic E-state index is 0.265. The van der Waals surface area contributed by atoms with E-state index in [9.17, 15) is 4.39 Å². The van der Waals surface area contributed by atoms with E-state index in [1.807, 2.05) is 46.0 Å². The normalized spacial score (nSPS) is 10.7. The van der Waals surface area contributed by atoms with Gasteiger partial charge < -0.3 is 10.1 Å². The Morgan fingerprint density at radius 3 is 2.40 bits per heavy atom. The number of rotatable bonds is 4. The van der Waals surface area contributed by atoms with E-state index >= 15 is 0 Å². The monoisotopic (exact) mass is 273 g/mol. The molecule has 1 N–H and O–H groups in total. The van der Waals surface area contributed by atoms with E-state index in [0.717, 1.165) is 28.0 Å². The van der Waals surface area contributed by atoms with Crippen LogP contribution >= 0.6 is 0 Å². The fraction of sp³-hybridized carbons (Fsp3) is 0.294. The summed E-state index contributed by atoms with van der Waals surface area (Å²) in [5.74, 6) is 0.671. The molecule has 0 saturated heterocycles. The van der Waals surface area contributed by atoms with E-state index in [1.54, 1.807) is 6.07 Å². The van der Waals surface area contributed by atoms with Gasteiger partial charge in [-0.15, -0.1) is 0 Å². The van der Waals surface area contributed by atoms with Crippen LogP contribution in [0.15, 0.2) is 30.3 Å². The van der Waals surface area contributed by atoms with Crippen LogP contribution in [0.25, 0.3) is 0 Å². The number of hydrogen-bond acceptors (Lipinski definition) is 2. The van der Waals surface area contributed by atoms with Crippen LogP contribution in [-0.2, 0) is 6.54 Å². The van der Waals surface area contributed by atoms with Gasteiger partial charge in [0.1, 0.15) is 5.75 Å². The number of ether oxygens (including phenoxy) is 1. The Bertz CT molecular complexity index is 623. The lowest BCUT2D eigenvalue weighted by molar-refractivity contribution is 0.435. The minimum atomic E-state index is -0.335. The van der Waals surface area contributed by atoms with Gasteiger partial charge in [-0.25, -0.2) is 4.39 Å². The Kier molecular flexibility index (Phi) is 4.40. The zero-order valence-electron chi connectivity index (χ0n) is 12.4. The highest BCUT2D eigenvalue weighted by atomic mass is 19.1. The molecule has 0 aliphatic rings. The van der Waals surface area contributed by atoms with E-state index in [0.29, 0.717) is 6.54 Å². The van der Waals surface area contributed by atoms with Crippen LogP contribution in [0.1, 0.15) is 22.3 Å². The summed E-state index contributed by atoms with van der Waals surface area (Å²) >= 11 is 0. The Morgan fingerprint density at radius 1 is 1.05 bits per heavy atom. The van der Waals surface area contributed by atoms with Gasteiger partial charge in [-0.2, -0.15) is 0 Å². The van der Waals surface area contributed by atoms with Crippen molar-refractivity contribution in [2.45, 2.75) is 27.3 Å². The minimum Gasteiger partial charge on any atom is -0.454 e. The standard InChI is InChI=1S/C17H20FNO/c1-11-5-6-12(2)17(13(11)3)20-16-8-7-14(10-19-4)9-15(16)18/h5-9,19H,10H2,1-4H3. The fourth-order valence-electron chi connectivity index (χ4n) is 2.13. The van der Waals surface area contributed by atoms with Crippen molar-refractivity contribution in [3.8, 4) is 11.5 Å². The van der Waals surface area contributed by atoms with Crippen molar-refractivity contribution in [3.05, 3.63) is 58.4 Å². The third-order valence-electron chi connectivity index (χ3n) is 3.46. The third-order valence-corrected chi connectivity index (χ3v) is 3.46. The van der Waals surface area contributed by atoms with E-state index in [-0.39, 0.29) is 11.6 Å². The molecule has 0 aliphatic heterocycles. The second-order valence-corrected chi connectivity index (χ2v) is 5.05. The predicted octanol–water partition coefficient (Wildman–Crippen LogP) is 4.26. The molecule has 0 atom stereocenters. The van der Waals surface area contributed by atoms with Crippen LogP contribution in [-0.4, -0.2) is 7.05 Å². The number of nitrogens with one attached hydrogen (secondary N) is 1. The molecule has 0 spiro atoms. The first-order valence-corrected chi connectivity index (χ1v) is 6.70. The molecule has 0 bridgehead atoms. The number of halogens is 1. The van der Waals surface area contributed by atoms with Crippen molar-refractivity contribution in [2.24, 2.45) is 0 Å². The van der Waals surface area contributed by atoms with Gasteiger partial charge in [0.15, 0.2) is 11.6 Å². The van der Waals surface area contributed by atoms with Gasteiger partial charge in [-0.05, 0) is 62.2 Å². The molecule has 0 saturated carbocycles. The Balaban J connectivity index is 2.33. The van der Waals surface area contributed by atoms with Gasteiger partial charge in [0.25, 0.3) is 0 Å². The average Bonchev–Trinajstić information content (AvgIpc) is 2.42. The molecule has 0 fully saturated rings. The average molecular weight is 273 g/mol. The maximum Gasteiger partial charge on any atom is 0.166 e. The van der Waals surface area contributed by atoms with Crippen LogP contribution in [0.5, 0.6) is 11.5 Å². The molecule has 20 heavy (non-hydrogen) atoms. The second-order valence-electron chi connectivity index (χ2n) is 5.05. The highest BCUT2D eigenvalue weighted by Gasteiger charge is 2.11. The Labute approximate surface area is 119 Å². The van der Waals surface area contributed by atoms with Crippen molar-refractivity contribution < 1.29 is 9.13 Å². The van der Waals surface area contributed by atoms with Crippen molar-refractivity contribution >= 4 is 0 Å². The molecule has 2 nitrogen and oxygen atoms in total. The smallest absolute Gasteiger partial charge is 0.166 e. The molecule has 2 aromatic carbocycles. The lowest BCUT2D eigenvalue weighted by Crippen LogP contribution is -2.05. The zero-order valence-corrected chi connectivity index (χ0v) is 12.4. The van der Waals surface area contributed by atoms with E-state index in [1.165, 1.54) is 6.07 Å². The van der Waals surface area contributed by atoms with E-state index in [2.05, 4.69) is 5.32 Å². The van der Waals surface area contributed by atoms with E-state index < -0.39 is 0 Å². The Morgan fingerprint density at radius 2 is 1.75 bits per heavy atom. The van der Waals surface area contributed by atoms with Crippen LogP contribution in [0.2, 0.25) is 0 Å². The molecule has 0 radical (unpaired) electrons. The van der Waals surface area contributed by atoms with Gasteiger partial charge in [0.05, 0.1) is 0 Å². The summed E-state index contributed by atoms with van der Waals surface area (Å²) in [7, 11) is 1.84. The molecule has 2 rings (SSSR count). The van der Waals surface area contributed by atoms with Gasteiger partial charge in [0.2, 0.25) is 0 Å². The summed E-state index contributed by atoms with van der Waals surface area (Å²) < 4.78 is 19.9. The van der Waals surface area contributed by atoms with Gasteiger partial charge in [-0.3, -0.25) is 0 Å². The third kappa shape index (κ3) is 2.99. The van der Waals surface area contributed by atoms with Crippen LogP contribution in [0, 0.1) is 26.6 Å². The van der Waals surface area contributed by atoms with Gasteiger partial charge in [-0.1, -0.05) is 18.2 Å². The quantitative estimate of drug-likeness (QED) is 0.898. The fourth-order valence-corrected chi connectivity index (χ4v) is 2.13. The SMILES string of the molecule is CNCc1ccc(Oc2c(C)ccc(C)c2C)c(F)c1. The molecule has 0 aromatic heterocycles. The zero-order chi connectivity index (χ0) is 14.7. The van der Waals surface area contributed by atoms with Gasteiger partial charge >= 0.3 is 0 Å². The number of hydrogen-bond donors (Lipinski definition) is 1. The number of aryl methyl sites for hydroxylation is 2. The molecule has 2 aromatic rings. The highest BCUT2D eigenvalue weighted by molar-refractivity contribution is 5.47. The summed E-state index contributed by atoms with van der Waals surface area (Å²) in [5.41, 5.74) is 4.09. The molecule has 0 unspecified atom stereocenters. The summed E-state index contributed by atoms with van der Waals surface area (Å²) in [4.78, 5) is 0.